The topological polar surface area (TPSA) is 98.5 Å². The van der Waals surface area contributed by atoms with E-state index in [1.54, 1.807) is 23.2 Å². The number of allylic oxidation sites excluding steroid dienone is 1. The summed E-state index contributed by atoms with van der Waals surface area (Å²) in [5.74, 6) is -0.606. The van der Waals surface area contributed by atoms with Crippen LogP contribution < -0.4 is 9.64 Å². The molecule has 6 rings (SSSR count). The van der Waals surface area contributed by atoms with E-state index < -0.39 is 18.5 Å². The zero-order chi connectivity index (χ0) is 33.3. The molecule has 2 aliphatic heterocycles. The van der Waals surface area contributed by atoms with Crippen molar-refractivity contribution in [2.45, 2.75) is 51.2 Å². The number of fused-ring (bicyclic) bond motifs is 2. The van der Waals surface area contributed by atoms with Gasteiger partial charge in [0.05, 0.1) is 23.9 Å². The third kappa shape index (κ3) is 6.45. The Kier molecular flexibility index (Phi) is 9.26. The van der Waals surface area contributed by atoms with Crippen LogP contribution in [0.25, 0.3) is 32.9 Å². The van der Waals surface area contributed by atoms with Gasteiger partial charge in [-0.25, -0.2) is 8.78 Å². The van der Waals surface area contributed by atoms with Gasteiger partial charge in [0.2, 0.25) is 5.91 Å². The second kappa shape index (κ2) is 13.4. The molecule has 0 aliphatic carbocycles. The van der Waals surface area contributed by atoms with Crippen LogP contribution in [0.4, 0.5) is 14.6 Å². The molecule has 0 spiro atoms. The van der Waals surface area contributed by atoms with Crippen LogP contribution >= 0.6 is 11.6 Å². The molecule has 2 aliphatic rings. The quantitative estimate of drug-likeness (QED) is 0.202. The predicted octanol–water partition coefficient (Wildman–Crippen LogP) is 6.35. The highest BCUT2D eigenvalue weighted by molar-refractivity contribution is 6.36. The maximum absolute atomic E-state index is 16.7. The van der Waals surface area contributed by atoms with Gasteiger partial charge >= 0.3 is 6.01 Å². The number of carbonyl (C=O) groups is 1. The number of aromatic nitrogens is 3. The van der Waals surface area contributed by atoms with Crippen LogP contribution in [0.2, 0.25) is 5.02 Å². The summed E-state index contributed by atoms with van der Waals surface area (Å²) in [5.41, 5.74) is 0.650. The monoisotopic (exact) mass is 659 g/mol. The highest BCUT2D eigenvalue weighted by atomic mass is 35.5. The number of hydrogen-bond acceptors (Lipinski definition) is 8. The number of likely N-dealkylation sites (tertiary alicyclic amines) is 1. The summed E-state index contributed by atoms with van der Waals surface area (Å²) < 4.78 is 35.6. The third-order valence-corrected chi connectivity index (χ3v) is 9.22. The molecule has 0 radical (unpaired) electrons. The average Bonchev–Trinajstić information content (AvgIpc) is 3.02. The molecule has 47 heavy (non-hydrogen) atoms. The van der Waals surface area contributed by atoms with Crippen molar-refractivity contribution in [1.82, 2.24) is 24.8 Å². The number of ether oxygens (including phenoxy) is 1. The number of piperazine rings is 1. The molecule has 2 fully saturated rings. The van der Waals surface area contributed by atoms with Gasteiger partial charge in [0.1, 0.15) is 30.3 Å². The predicted molar refractivity (Wildman–Crippen MR) is 179 cm³/mol. The molecular weight excluding hydrogens is 624 g/mol. The molecule has 0 bridgehead atoms. The van der Waals surface area contributed by atoms with Crippen LogP contribution in [0.1, 0.15) is 33.6 Å². The molecule has 2 saturated heterocycles. The third-order valence-electron chi connectivity index (χ3n) is 8.90. The van der Waals surface area contributed by atoms with Gasteiger partial charge in [0.25, 0.3) is 0 Å². The van der Waals surface area contributed by atoms with Gasteiger partial charge in [0, 0.05) is 66.0 Å². The lowest BCUT2D eigenvalue weighted by Crippen LogP contribution is -2.59. The number of pyridine rings is 1. The number of anilines is 1. The van der Waals surface area contributed by atoms with Gasteiger partial charge in [0.15, 0.2) is 5.82 Å². The van der Waals surface area contributed by atoms with Gasteiger partial charge < -0.3 is 14.5 Å². The largest absolute Gasteiger partial charge is 0.462 e. The van der Waals surface area contributed by atoms with Crippen LogP contribution in [0.5, 0.6) is 6.01 Å². The number of halogens is 3. The van der Waals surface area contributed by atoms with Crippen LogP contribution in [-0.4, -0.2) is 87.7 Å². The van der Waals surface area contributed by atoms with Crippen LogP contribution in [-0.2, 0) is 4.79 Å². The number of nitriles is 1. The molecule has 9 nitrogen and oxygen atoms in total. The Balaban J connectivity index is 1.42. The average molecular weight is 660 g/mol. The van der Waals surface area contributed by atoms with Crippen molar-refractivity contribution >= 4 is 45.0 Å². The Hall–Kier alpha value is -4.40. The highest BCUT2D eigenvalue weighted by Crippen LogP contribution is 2.38. The summed E-state index contributed by atoms with van der Waals surface area (Å²) in [6.45, 7) is 7.85. The van der Waals surface area contributed by atoms with Crippen molar-refractivity contribution in [3.05, 3.63) is 65.6 Å². The van der Waals surface area contributed by atoms with Crippen molar-refractivity contribution in [3.8, 4) is 23.3 Å². The molecule has 0 N–H and O–H groups in total. The van der Waals surface area contributed by atoms with E-state index in [1.165, 1.54) is 6.08 Å². The van der Waals surface area contributed by atoms with E-state index in [4.69, 9.17) is 21.3 Å². The SMILES string of the molecule is CC(C)(C)N1CCC1COc1nc(N2CCN(C(=O)/C=C/CF)[C@@H](CC#N)C2)c2cnc(-c3cccc4cccc(Cl)c34)c(F)c2n1. The van der Waals surface area contributed by atoms with Crippen molar-refractivity contribution < 1.29 is 18.3 Å². The lowest BCUT2D eigenvalue weighted by molar-refractivity contribution is -0.128. The maximum atomic E-state index is 16.7. The molecule has 0 saturated carbocycles. The minimum atomic E-state index is -0.760. The molecular formula is C35H36ClF2N7O2. The van der Waals surface area contributed by atoms with Gasteiger partial charge in [-0.1, -0.05) is 41.9 Å². The zero-order valence-corrected chi connectivity index (χ0v) is 27.3. The summed E-state index contributed by atoms with van der Waals surface area (Å²) in [6, 6.07) is 12.9. The normalized spacial score (nSPS) is 18.9. The maximum Gasteiger partial charge on any atom is 0.319 e. The zero-order valence-electron chi connectivity index (χ0n) is 26.6. The van der Waals surface area contributed by atoms with Gasteiger partial charge in [-0.2, -0.15) is 15.2 Å². The van der Waals surface area contributed by atoms with Crippen LogP contribution in [0.3, 0.4) is 0 Å². The van der Waals surface area contributed by atoms with Crippen molar-refractivity contribution in [2.24, 2.45) is 0 Å². The molecule has 1 unspecified atom stereocenters. The smallest absolute Gasteiger partial charge is 0.319 e. The first-order valence-electron chi connectivity index (χ1n) is 15.7. The van der Waals surface area contributed by atoms with E-state index >= 15 is 4.39 Å². The molecule has 2 atom stereocenters. The Labute approximate surface area is 277 Å². The number of rotatable bonds is 8. The Morgan fingerprint density at radius 3 is 2.64 bits per heavy atom. The second-order valence-electron chi connectivity index (χ2n) is 12.8. The number of benzene rings is 2. The minimum absolute atomic E-state index is 0.0274. The molecule has 4 aromatic rings. The fraction of sp³-hybridized carbons (Fsp3) is 0.400. The van der Waals surface area contributed by atoms with E-state index in [9.17, 15) is 14.4 Å². The van der Waals surface area contributed by atoms with Gasteiger partial charge in [-0.3, -0.25) is 14.7 Å². The van der Waals surface area contributed by atoms with E-state index in [2.05, 4.69) is 41.7 Å². The second-order valence-corrected chi connectivity index (χ2v) is 13.2. The molecule has 244 valence electrons. The molecule has 2 aromatic carbocycles. The standard InChI is InChI=1S/C35H36ClF2N7O2/c1-35(2,3)45-16-13-24(45)21-47-34-41-32-26(19-40-31(30(32)38)25-9-4-7-22-8-5-10-27(36)29(22)25)33(42-34)43-17-18-44(23(20-43)12-15-39)28(46)11-6-14-37/h4-11,19,23-24H,12-14,16-18,20-21H2,1-3H3/b11-6+/t23-,24?/m0/s1. The first kappa shape index (κ1) is 32.5. The van der Waals surface area contributed by atoms with Crippen molar-refractivity contribution in [3.63, 3.8) is 0 Å². The number of amides is 1. The summed E-state index contributed by atoms with van der Waals surface area (Å²) in [6.07, 6.45) is 4.91. The van der Waals surface area contributed by atoms with E-state index in [0.717, 1.165) is 24.4 Å². The minimum Gasteiger partial charge on any atom is -0.462 e. The molecule has 4 heterocycles. The number of nitrogens with zero attached hydrogens (tertiary/aromatic N) is 7. The van der Waals surface area contributed by atoms with E-state index in [1.807, 2.05) is 29.2 Å². The number of carbonyl (C=O) groups excluding carboxylic acids is 1. The summed E-state index contributed by atoms with van der Waals surface area (Å²) >= 11 is 6.59. The fourth-order valence-electron chi connectivity index (χ4n) is 6.53. The van der Waals surface area contributed by atoms with E-state index in [0.29, 0.717) is 40.3 Å². The van der Waals surface area contributed by atoms with Crippen LogP contribution in [0.15, 0.2) is 54.7 Å². The van der Waals surface area contributed by atoms with Crippen LogP contribution in [0, 0.1) is 17.1 Å². The highest BCUT2D eigenvalue weighted by Gasteiger charge is 2.37. The molecule has 1 amide bonds. The first-order chi connectivity index (χ1) is 22.6. The first-order valence-corrected chi connectivity index (χ1v) is 16.1. The number of hydrogen-bond donors (Lipinski definition) is 0. The van der Waals surface area contributed by atoms with Crippen molar-refractivity contribution in [2.75, 3.05) is 44.4 Å². The summed E-state index contributed by atoms with van der Waals surface area (Å²) in [4.78, 5) is 32.5. The Bertz CT molecular complexity index is 1890. The lowest BCUT2D eigenvalue weighted by Gasteiger charge is -2.49. The fourth-order valence-corrected chi connectivity index (χ4v) is 6.82. The Morgan fingerprint density at radius 2 is 1.94 bits per heavy atom. The number of alkyl halides is 1. The van der Waals surface area contributed by atoms with Crippen molar-refractivity contribution in [1.29, 1.82) is 5.26 Å². The van der Waals surface area contributed by atoms with Gasteiger partial charge in [-0.15, -0.1) is 0 Å². The lowest BCUT2D eigenvalue weighted by atomic mass is 9.94. The Morgan fingerprint density at radius 1 is 1.15 bits per heavy atom. The molecule has 2 aromatic heterocycles. The van der Waals surface area contributed by atoms with E-state index in [-0.39, 0.29) is 54.2 Å². The summed E-state index contributed by atoms with van der Waals surface area (Å²) in [5, 5.41) is 12.0. The summed E-state index contributed by atoms with van der Waals surface area (Å²) in [7, 11) is 0. The van der Waals surface area contributed by atoms with Gasteiger partial charge in [-0.05, 0) is 44.7 Å². The molecule has 12 heteroatoms.